The largest absolute Gasteiger partial charge is 1.00 e. The van der Waals surface area contributed by atoms with E-state index < -0.39 is 10.1 Å². The second kappa shape index (κ2) is 18.8. The fourth-order valence-electron chi connectivity index (χ4n) is 5.33. The van der Waals surface area contributed by atoms with E-state index >= 15 is 0 Å². The Morgan fingerprint density at radius 3 is 1.65 bits per heavy atom. The van der Waals surface area contributed by atoms with Crippen molar-refractivity contribution in [3.63, 3.8) is 0 Å². The Kier molecular flexibility index (Phi) is 17.6. The number of hydrogen-bond donors (Lipinski definition) is 0. The van der Waals surface area contributed by atoms with E-state index in [0.717, 1.165) is 60.5 Å². The SMILES string of the molecule is CC(C)CCCCCCCCc1cc2ccccc2c(S(=O)(=O)[O-])c1CCCCCCCCC(C)C.[Na+]. The van der Waals surface area contributed by atoms with Gasteiger partial charge < -0.3 is 4.55 Å². The summed E-state index contributed by atoms with van der Waals surface area (Å²) < 4.78 is 37.4. The molecular formula is C32H51NaO3S. The van der Waals surface area contributed by atoms with Crippen LogP contribution in [-0.2, 0) is 23.0 Å². The molecule has 0 aliphatic carbocycles. The smallest absolute Gasteiger partial charge is 0.744 e. The Bertz CT molecular complexity index is 999. The third-order valence-corrected chi connectivity index (χ3v) is 8.35. The molecule has 0 aromatic heterocycles. The van der Waals surface area contributed by atoms with Crippen molar-refractivity contribution in [2.24, 2.45) is 11.8 Å². The summed E-state index contributed by atoms with van der Waals surface area (Å²) in [7, 11) is -4.55. The molecule has 0 atom stereocenters. The standard InChI is InChI=1S/C32H52O3S.Na/c1-26(2)19-13-9-5-7-11-15-21-28-25-29-22-17-18-24-31(29)32(36(33,34)35)30(28)23-16-12-8-6-10-14-20-27(3)4;/h17-18,22,24-27H,5-16,19-21,23H2,1-4H3,(H,33,34,35);/q;+1/p-1. The van der Waals surface area contributed by atoms with Crippen LogP contribution in [-0.4, -0.2) is 13.0 Å². The fraction of sp³-hybridized carbons (Fsp3) is 0.688. The number of aryl methyl sites for hydroxylation is 1. The molecule has 0 N–H and O–H groups in total. The maximum atomic E-state index is 12.5. The number of fused-ring (bicyclic) bond motifs is 1. The summed E-state index contributed by atoms with van der Waals surface area (Å²) in [6.07, 6.45) is 18.5. The summed E-state index contributed by atoms with van der Waals surface area (Å²) in [5, 5.41) is 1.45. The summed E-state index contributed by atoms with van der Waals surface area (Å²) in [5.74, 6) is 1.56. The molecule has 2 rings (SSSR count). The van der Waals surface area contributed by atoms with E-state index in [9.17, 15) is 13.0 Å². The topological polar surface area (TPSA) is 57.2 Å². The maximum absolute atomic E-state index is 12.5. The number of benzene rings is 2. The van der Waals surface area contributed by atoms with Crippen molar-refractivity contribution in [2.45, 2.75) is 135 Å². The van der Waals surface area contributed by atoms with Crippen LogP contribution in [0.4, 0.5) is 0 Å². The molecule has 0 amide bonds. The summed E-state index contributed by atoms with van der Waals surface area (Å²) >= 11 is 0. The second-order valence-corrected chi connectivity index (χ2v) is 12.9. The van der Waals surface area contributed by atoms with Crippen LogP contribution in [0.5, 0.6) is 0 Å². The summed E-state index contributed by atoms with van der Waals surface area (Å²) in [5.41, 5.74) is 1.86. The van der Waals surface area contributed by atoms with Crippen molar-refractivity contribution in [1.82, 2.24) is 0 Å². The van der Waals surface area contributed by atoms with E-state index in [4.69, 9.17) is 0 Å². The van der Waals surface area contributed by atoms with Gasteiger partial charge in [0.05, 0.1) is 4.90 Å². The van der Waals surface area contributed by atoms with Crippen LogP contribution in [0.2, 0.25) is 0 Å². The van der Waals surface area contributed by atoms with Crippen LogP contribution >= 0.6 is 0 Å². The Hall–Kier alpha value is -0.390. The third kappa shape index (κ3) is 13.5. The number of hydrogen-bond acceptors (Lipinski definition) is 3. The average Bonchev–Trinajstić information content (AvgIpc) is 2.81. The van der Waals surface area contributed by atoms with E-state index in [0.29, 0.717) is 11.8 Å². The minimum absolute atomic E-state index is 0. The van der Waals surface area contributed by atoms with Crippen molar-refractivity contribution in [3.05, 3.63) is 41.5 Å². The zero-order valence-electron chi connectivity index (χ0n) is 24.5. The van der Waals surface area contributed by atoms with Crippen molar-refractivity contribution < 1.29 is 42.5 Å². The van der Waals surface area contributed by atoms with Crippen LogP contribution in [0.15, 0.2) is 35.2 Å². The number of rotatable bonds is 19. The zero-order valence-corrected chi connectivity index (χ0v) is 27.3. The predicted molar refractivity (Wildman–Crippen MR) is 154 cm³/mol. The molecule has 0 saturated carbocycles. The Morgan fingerprint density at radius 1 is 0.676 bits per heavy atom. The molecule has 0 spiro atoms. The molecule has 0 saturated heterocycles. The summed E-state index contributed by atoms with van der Waals surface area (Å²) in [6, 6.07) is 9.62. The van der Waals surface area contributed by atoms with Gasteiger partial charge in [0.15, 0.2) is 0 Å². The zero-order chi connectivity index (χ0) is 26.4. The van der Waals surface area contributed by atoms with Crippen molar-refractivity contribution in [1.29, 1.82) is 0 Å². The molecule has 3 nitrogen and oxygen atoms in total. The first-order chi connectivity index (χ1) is 17.2. The van der Waals surface area contributed by atoms with Crippen molar-refractivity contribution in [2.75, 3.05) is 0 Å². The van der Waals surface area contributed by atoms with Gasteiger partial charge in [-0.05, 0) is 59.4 Å². The molecule has 0 bridgehead atoms. The van der Waals surface area contributed by atoms with Gasteiger partial charge in [0, 0.05) is 0 Å². The first-order valence-electron chi connectivity index (χ1n) is 14.7. The molecular weight excluding hydrogens is 487 g/mol. The summed E-state index contributed by atoms with van der Waals surface area (Å²) in [4.78, 5) is 0.0428. The average molecular weight is 539 g/mol. The quantitative estimate of drug-likeness (QED) is 0.115. The molecule has 0 heterocycles. The number of unbranched alkanes of at least 4 members (excludes halogenated alkanes) is 10. The molecule has 0 radical (unpaired) electrons. The van der Waals surface area contributed by atoms with Gasteiger partial charge in [-0.2, -0.15) is 0 Å². The molecule has 2 aromatic rings. The molecule has 37 heavy (non-hydrogen) atoms. The van der Waals surface area contributed by atoms with E-state index in [1.807, 2.05) is 18.2 Å². The van der Waals surface area contributed by atoms with E-state index in [2.05, 4.69) is 33.8 Å². The van der Waals surface area contributed by atoms with Crippen LogP contribution < -0.4 is 29.6 Å². The molecule has 204 valence electrons. The van der Waals surface area contributed by atoms with Gasteiger partial charge in [0.25, 0.3) is 0 Å². The first-order valence-corrected chi connectivity index (χ1v) is 16.1. The third-order valence-electron chi connectivity index (χ3n) is 7.38. The first kappa shape index (κ1) is 34.6. The normalized spacial score (nSPS) is 12.0. The van der Waals surface area contributed by atoms with Crippen LogP contribution in [0.1, 0.15) is 129 Å². The van der Waals surface area contributed by atoms with Crippen molar-refractivity contribution >= 4 is 20.9 Å². The van der Waals surface area contributed by atoms with Crippen LogP contribution in [0, 0.1) is 11.8 Å². The van der Waals surface area contributed by atoms with Crippen LogP contribution in [0.25, 0.3) is 10.8 Å². The van der Waals surface area contributed by atoms with E-state index in [1.54, 1.807) is 6.07 Å². The van der Waals surface area contributed by atoms with Gasteiger partial charge >= 0.3 is 29.6 Å². The van der Waals surface area contributed by atoms with Gasteiger partial charge in [-0.15, -0.1) is 0 Å². The van der Waals surface area contributed by atoms with Crippen molar-refractivity contribution in [3.8, 4) is 0 Å². The van der Waals surface area contributed by atoms with Gasteiger partial charge in [-0.25, -0.2) is 8.42 Å². The molecule has 0 unspecified atom stereocenters. The molecule has 5 heteroatoms. The van der Waals surface area contributed by atoms with E-state index in [-0.39, 0.29) is 34.5 Å². The van der Waals surface area contributed by atoms with Gasteiger partial charge in [-0.3, -0.25) is 0 Å². The van der Waals surface area contributed by atoms with Gasteiger partial charge in [-0.1, -0.05) is 135 Å². The molecule has 0 aliphatic heterocycles. The monoisotopic (exact) mass is 538 g/mol. The van der Waals surface area contributed by atoms with Gasteiger partial charge in [0.2, 0.25) is 0 Å². The Labute approximate surface area is 250 Å². The molecule has 2 aromatic carbocycles. The second-order valence-electron chi connectivity index (χ2n) is 11.6. The summed E-state index contributed by atoms with van der Waals surface area (Å²) in [6.45, 7) is 9.12. The van der Waals surface area contributed by atoms with Gasteiger partial charge in [0.1, 0.15) is 10.1 Å². The van der Waals surface area contributed by atoms with E-state index in [1.165, 1.54) is 64.2 Å². The Morgan fingerprint density at radius 2 is 1.14 bits per heavy atom. The minimum atomic E-state index is -4.55. The van der Waals surface area contributed by atoms with Crippen LogP contribution in [0.3, 0.4) is 0 Å². The fourth-order valence-corrected chi connectivity index (χ4v) is 6.32. The maximum Gasteiger partial charge on any atom is 1.00 e. The predicted octanol–water partition coefficient (Wildman–Crippen LogP) is 6.61. The Balaban J connectivity index is 0.00000684. The molecule has 0 fully saturated rings. The molecule has 0 aliphatic rings. The minimum Gasteiger partial charge on any atom is -0.744 e.